The zero-order valence-corrected chi connectivity index (χ0v) is 21.7. The van der Waals surface area contributed by atoms with Crippen LogP contribution < -0.4 is 15.4 Å². The van der Waals surface area contributed by atoms with Crippen molar-refractivity contribution in [3.8, 4) is 5.75 Å². The molecule has 210 valence electrons. The molecule has 1 fully saturated rings. The molecule has 2 aromatic heterocycles. The van der Waals surface area contributed by atoms with Crippen molar-refractivity contribution < 1.29 is 27.8 Å². The topological polar surface area (TPSA) is 138 Å². The standard InChI is InChI=1S/C25H32F2N8O4/c1-25(26,27)39-19-9-6-7-18(13-19)14-28-23(36)21-16-34(32-30-21)10-3-4-11-35-17-22(31-33-35)24(37)29-15-20-8-2-5-12-38-20/h6-7,9,13,16-17,20H,2-5,8,10-12,14-15H2,1H3,(H,28,36)(H,29,37). The fourth-order valence-electron chi connectivity index (χ4n) is 4.04. The van der Waals surface area contributed by atoms with Crippen LogP contribution in [0, 0.1) is 0 Å². The summed E-state index contributed by atoms with van der Waals surface area (Å²) in [5.74, 6) is -0.695. The van der Waals surface area contributed by atoms with E-state index in [2.05, 4.69) is 36.0 Å². The Kier molecular flexibility index (Phi) is 9.52. The van der Waals surface area contributed by atoms with Crippen LogP contribution in [0.3, 0.4) is 0 Å². The first kappa shape index (κ1) is 28.1. The maximum atomic E-state index is 13.1. The minimum absolute atomic E-state index is 0.00957. The zero-order valence-electron chi connectivity index (χ0n) is 21.7. The number of alkyl halides is 2. The number of rotatable bonds is 13. The van der Waals surface area contributed by atoms with Gasteiger partial charge in [0.1, 0.15) is 5.75 Å². The number of unbranched alkanes of at least 4 members (excludes halogenated alkanes) is 1. The third-order valence-corrected chi connectivity index (χ3v) is 5.98. The van der Waals surface area contributed by atoms with Gasteiger partial charge in [-0.05, 0) is 49.8 Å². The average Bonchev–Trinajstić information content (AvgIpc) is 3.58. The van der Waals surface area contributed by atoms with E-state index in [0.29, 0.717) is 32.1 Å². The number of nitrogens with zero attached hydrogens (tertiary/aromatic N) is 6. The van der Waals surface area contributed by atoms with Crippen LogP contribution in [0.25, 0.3) is 0 Å². The van der Waals surface area contributed by atoms with Crippen molar-refractivity contribution in [3.05, 3.63) is 53.6 Å². The lowest BCUT2D eigenvalue weighted by Crippen LogP contribution is -2.35. The van der Waals surface area contributed by atoms with E-state index < -0.39 is 12.0 Å². The van der Waals surface area contributed by atoms with E-state index in [1.807, 2.05) is 0 Å². The van der Waals surface area contributed by atoms with Crippen molar-refractivity contribution in [3.63, 3.8) is 0 Å². The largest absolute Gasteiger partial charge is 0.433 e. The van der Waals surface area contributed by atoms with E-state index in [1.54, 1.807) is 33.9 Å². The normalized spacial score (nSPS) is 15.6. The van der Waals surface area contributed by atoms with Crippen LogP contribution in [0.5, 0.6) is 5.75 Å². The first-order valence-corrected chi connectivity index (χ1v) is 12.9. The van der Waals surface area contributed by atoms with E-state index in [4.69, 9.17) is 4.74 Å². The number of ether oxygens (including phenoxy) is 2. The van der Waals surface area contributed by atoms with E-state index in [1.165, 1.54) is 12.1 Å². The van der Waals surface area contributed by atoms with E-state index in [-0.39, 0.29) is 35.7 Å². The molecule has 1 aromatic carbocycles. The molecule has 2 N–H and O–H groups in total. The first-order valence-electron chi connectivity index (χ1n) is 12.9. The molecular formula is C25H32F2N8O4. The van der Waals surface area contributed by atoms with Gasteiger partial charge in [-0.15, -0.1) is 10.2 Å². The molecule has 1 saturated heterocycles. The summed E-state index contributed by atoms with van der Waals surface area (Å²) in [6, 6.07) is 6.11. The molecule has 4 rings (SSSR count). The van der Waals surface area contributed by atoms with Gasteiger partial charge in [-0.3, -0.25) is 19.0 Å². The Morgan fingerprint density at radius 2 is 1.72 bits per heavy atom. The smallest absolute Gasteiger partial charge is 0.394 e. The summed E-state index contributed by atoms with van der Waals surface area (Å²) in [6.45, 7) is 3.08. The number of carbonyl (C=O) groups is 2. The van der Waals surface area contributed by atoms with Gasteiger partial charge in [-0.1, -0.05) is 22.6 Å². The average molecular weight is 547 g/mol. The Balaban J connectivity index is 1.15. The summed E-state index contributed by atoms with van der Waals surface area (Å²) in [6.07, 6.45) is 4.52. The highest BCUT2D eigenvalue weighted by molar-refractivity contribution is 5.92. The van der Waals surface area contributed by atoms with Crippen molar-refractivity contribution in [2.45, 2.75) is 70.9 Å². The van der Waals surface area contributed by atoms with Crippen molar-refractivity contribution in [2.24, 2.45) is 0 Å². The molecule has 0 aliphatic carbocycles. The quantitative estimate of drug-likeness (QED) is 0.312. The number of halogens is 2. The van der Waals surface area contributed by atoms with Gasteiger partial charge in [0.05, 0.1) is 18.5 Å². The number of benzene rings is 1. The Morgan fingerprint density at radius 3 is 2.33 bits per heavy atom. The number of aryl methyl sites for hydroxylation is 2. The summed E-state index contributed by atoms with van der Waals surface area (Å²) in [5, 5.41) is 21.4. The summed E-state index contributed by atoms with van der Waals surface area (Å²) in [7, 11) is 0. The van der Waals surface area contributed by atoms with Crippen LogP contribution in [-0.4, -0.2) is 67.2 Å². The maximum absolute atomic E-state index is 13.1. The molecule has 14 heteroatoms. The summed E-state index contributed by atoms with van der Waals surface area (Å²) >= 11 is 0. The molecule has 1 aliphatic heterocycles. The van der Waals surface area contributed by atoms with Crippen LogP contribution in [0.4, 0.5) is 8.78 Å². The van der Waals surface area contributed by atoms with Crippen LogP contribution in [0.2, 0.25) is 0 Å². The van der Waals surface area contributed by atoms with Gasteiger partial charge >= 0.3 is 6.11 Å². The molecule has 3 heterocycles. The second-order valence-electron chi connectivity index (χ2n) is 9.38. The van der Waals surface area contributed by atoms with Crippen molar-refractivity contribution in [1.29, 1.82) is 0 Å². The zero-order chi connectivity index (χ0) is 27.7. The van der Waals surface area contributed by atoms with E-state index in [9.17, 15) is 18.4 Å². The molecular weight excluding hydrogens is 514 g/mol. The Labute approximate surface area is 224 Å². The lowest BCUT2D eigenvalue weighted by molar-refractivity contribution is -0.159. The molecule has 1 unspecified atom stereocenters. The minimum atomic E-state index is -3.29. The fraction of sp³-hybridized carbons (Fsp3) is 0.520. The van der Waals surface area contributed by atoms with Crippen LogP contribution in [0.15, 0.2) is 36.7 Å². The Bertz CT molecular complexity index is 1240. The van der Waals surface area contributed by atoms with E-state index >= 15 is 0 Å². The monoisotopic (exact) mass is 546 g/mol. The Morgan fingerprint density at radius 1 is 1.05 bits per heavy atom. The molecule has 2 amide bonds. The van der Waals surface area contributed by atoms with E-state index in [0.717, 1.165) is 38.7 Å². The maximum Gasteiger partial charge on any atom is 0.394 e. The molecule has 3 aromatic rings. The van der Waals surface area contributed by atoms with Crippen molar-refractivity contribution in [1.82, 2.24) is 40.6 Å². The summed E-state index contributed by atoms with van der Waals surface area (Å²) < 4.78 is 39.5. The SMILES string of the molecule is CC(F)(F)Oc1cccc(CNC(=O)c2cn(CCCCn3cc(C(=O)NCC4CCCCO4)nn3)nn2)c1. The van der Waals surface area contributed by atoms with Crippen LogP contribution in [0.1, 0.15) is 65.6 Å². The van der Waals surface area contributed by atoms with Crippen molar-refractivity contribution >= 4 is 11.8 Å². The van der Waals surface area contributed by atoms with Crippen LogP contribution in [-0.2, 0) is 24.4 Å². The predicted octanol–water partition coefficient (Wildman–Crippen LogP) is 2.57. The molecule has 1 atom stereocenters. The second kappa shape index (κ2) is 13.2. The highest BCUT2D eigenvalue weighted by Crippen LogP contribution is 2.21. The van der Waals surface area contributed by atoms with Gasteiger partial charge in [0.25, 0.3) is 11.8 Å². The first-order chi connectivity index (χ1) is 18.7. The highest BCUT2D eigenvalue weighted by atomic mass is 19.3. The Hall–Kier alpha value is -3.94. The predicted molar refractivity (Wildman–Crippen MR) is 134 cm³/mol. The van der Waals surface area contributed by atoms with Gasteiger partial charge in [0.2, 0.25) is 0 Å². The van der Waals surface area contributed by atoms with Gasteiger partial charge < -0.3 is 20.1 Å². The molecule has 0 radical (unpaired) electrons. The van der Waals surface area contributed by atoms with Gasteiger partial charge in [-0.25, -0.2) is 0 Å². The second-order valence-corrected chi connectivity index (χ2v) is 9.38. The molecule has 0 bridgehead atoms. The molecule has 39 heavy (non-hydrogen) atoms. The number of hydrogen-bond acceptors (Lipinski definition) is 8. The van der Waals surface area contributed by atoms with Gasteiger partial charge in [0.15, 0.2) is 11.4 Å². The van der Waals surface area contributed by atoms with Gasteiger partial charge in [-0.2, -0.15) is 8.78 Å². The molecule has 1 aliphatic rings. The number of amides is 2. The minimum Gasteiger partial charge on any atom is -0.433 e. The number of carbonyl (C=O) groups excluding carboxylic acids is 2. The number of aromatic nitrogens is 6. The highest BCUT2D eigenvalue weighted by Gasteiger charge is 2.23. The van der Waals surface area contributed by atoms with Gasteiger partial charge in [0, 0.05) is 39.7 Å². The number of hydrogen-bond donors (Lipinski definition) is 2. The summed E-state index contributed by atoms with van der Waals surface area (Å²) in [4.78, 5) is 24.7. The third kappa shape index (κ3) is 9.09. The molecule has 12 nitrogen and oxygen atoms in total. The number of nitrogens with one attached hydrogen (secondary N) is 2. The fourth-order valence-corrected chi connectivity index (χ4v) is 4.04. The third-order valence-electron chi connectivity index (χ3n) is 5.98. The summed E-state index contributed by atoms with van der Waals surface area (Å²) in [5.41, 5.74) is 1.01. The molecule has 0 spiro atoms. The molecule has 0 saturated carbocycles. The van der Waals surface area contributed by atoms with Crippen LogP contribution >= 0.6 is 0 Å². The van der Waals surface area contributed by atoms with Crippen molar-refractivity contribution in [2.75, 3.05) is 13.2 Å². The lowest BCUT2D eigenvalue weighted by atomic mass is 10.1. The lowest BCUT2D eigenvalue weighted by Gasteiger charge is -2.22.